The number of rotatable bonds is 7. The maximum Gasteiger partial charge on any atom is 2.00 e. The monoisotopic (exact) mass is 708 g/mol. The minimum atomic E-state index is -4.94. The zero-order valence-electron chi connectivity index (χ0n) is 24.1. The molecule has 0 aromatic carbocycles. The third-order valence-corrected chi connectivity index (χ3v) is 5.33. The number of nitrogens with zero attached hydrogens (tertiary/aromatic N) is 4. The molecule has 1 aromatic heterocycles. The standard InChI is InChI=1S/C21H40N8O3.2ClHO4.Ni/c1-17(2)20(21(31)32-3)25-19(30)16-29-15-18(26-27-29)14-28-12-5-8-23-10-9-22-6-4-7-24-11-13-28;2*2-1(3,4)5;/h15,17,20,22-24H,4-14,16H2,1-3H3,(H,25,30);2*(H,2,3,4,5);/q;;;+2/p-2/t20-;;;/m0.../s1. The Morgan fingerprint density at radius 1 is 0.907 bits per heavy atom. The van der Waals surface area contributed by atoms with Gasteiger partial charge >= 0.3 is 22.5 Å². The number of hydrogen-bond donors (Lipinski definition) is 4. The summed E-state index contributed by atoms with van der Waals surface area (Å²) in [5.74, 6) is -0.818. The van der Waals surface area contributed by atoms with Crippen LogP contribution in [0.3, 0.4) is 0 Å². The molecule has 1 saturated heterocycles. The van der Waals surface area contributed by atoms with Crippen LogP contribution >= 0.6 is 0 Å². The summed E-state index contributed by atoms with van der Waals surface area (Å²) >= 11 is 0. The molecule has 2 rings (SSSR count). The summed E-state index contributed by atoms with van der Waals surface area (Å²) in [6.07, 6.45) is 3.97. The molecule has 43 heavy (non-hydrogen) atoms. The first-order chi connectivity index (χ1) is 19.5. The van der Waals surface area contributed by atoms with Gasteiger partial charge in [0, 0.05) is 32.7 Å². The van der Waals surface area contributed by atoms with Crippen molar-refractivity contribution in [3.05, 3.63) is 11.9 Å². The van der Waals surface area contributed by atoms with Gasteiger partial charge in [-0.2, -0.15) is 0 Å². The van der Waals surface area contributed by atoms with Crippen molar-refractivity contribution in [1.82, 2.24) is 41.2 Å². The Kier molecular flexibility index (Phi) is 24.4. The number of esters is 1. The first-order valence-electron chi connectivity index (χ1n) is 12.8. The van der Waals surface area contributed by atoms with Crippen LogP contribution in [0.5, 0.6) is 0 Å². The molecule has 1 aromatic rings. The van der Waals surface area contributed by atoms with Crippen molar-refractivity contribution in [2.24, 2.45) is 5.92 Å². The molecule has 19 nitrogen and oxygen atoms in total. The van der Waals surface area contributed by atoms with E-state index in [9.17, 15) is 9.59 Å². The van der Waals surface area contributed by atoms with Crippen LogP contribution in [0.25, 0.3) is 0 Å². The molecule has 1 aliphatic heterocycles. The molecule has 254 valence electrons. The second kappa shape index (κ2) is 24.0. The van der Waals surface area contributed by atoms with E-state index in [0.717, 1.165) is 70.9 Å². The summed E-state index contributed by atoms with van der Waals surface area (Å²) in [6, 6.07) is -0.678. The fraction of sp³-hybridized carbons (Fsp3) is 0.810. The van der Waals surface area contributed by atoms with E-state index in [1.807, 2.05) is 13.8 Å². The average Bonchev–Trinajstić information content (AvgIpc) is 3.28. The van der Waals surface area contributed by atoms with Gasteiger partial charge in [0.2, 0.25) is 5.91 Å². The summed E-state index contributed by atoms with van der Waals surface area (Å²) < 4.78 is 74.2. The number of carbonyl (C=O) groups is 2. The van der Waals surface area contributed by atoms with Gasteiger partial charge in [0.15, 0.2) is 0 Å². The largest absolute Gasteiger partial charge is 2.00 e. The minimum absolute atomic E-state index is 0. The molecule has 0 spiro atoms. The maximum absolute atomic E-state index is 12.4. The van der Waals surface area contributed by atoms with Gasteiger partial charge in [-0.3, -0.25) is 9.69 Å². The summed E-state index contributed by atoms with van der Waals surface area (Å²) in [6.45, 7) is 12.2. The van der Waals surface area contributed by atoms with E-state index in [2.05, 4.69) is 36.5 Å². The smallest absolute Gasteiger partial charge is 0.467 e. The average molecular weight is 710 g/mol. The van der Waals surface area contributed by atoms with E-state index < -0.39 is 32.5 Å². The fourth-order valence-electron chi connectivity index (χ4n) is 3.53. The predicted octanol–water partition coefficient (Wildman–Crippen LogP) is -10.6. The Morgan fingerprint density at radius 2 is 1.42 bits per heavy atom. The number of hydrogen-bond acceptors (Lipinski definition) is 17. The summed E-state index contributed by atoms with van der Waals surface area (Å²) in [7, 11) is -8.57. The number of methoxy groups -OCH3 is 1. The molecular formula is C21H40Cl2N8NiO11. The molecule has 0 bridgehead atoms. The normalized spacial score (nSPS) is 16.7. The molecule has 1 atom stereocenters. The number of nitrogens with one attached hydrogen (secondary N) is 4. The number of amides is 1. The predicted molar refractivity (Wildman–Crippen MR) is 122 cm³/mol. The van der Waals surface area contributed by atoms with Crippen molar-refractivity contribution in [2.45, 2.75) is 45.8 Å². The Bertz CT molecular complexity index is 841. The quantitative estimate of drug-likeness (QED) is 0.151. The van der Waals surface area contributed by atoms with Crippen LogP contribution in [0.2, 0.25) is 0 Å². The summed E-state index contributed by atoms with van der Waals surface area (Å²) in [5.41, 5.74) is 0.824. The zero-order chi connectivity index (χ0) is 32.2. The van der Waals surface area contributed by atoms with Crippen molar-refractivity contribution in [2.75, 3.05) is 59.5 Å². The van der Waals surface area contributed by atoms with E-state index >= 15 is 0 Å². The third kappa shape index (κ3) is 29.2. The Hall–Kier alpha value is -1.33. The van der Waals surface area contributed by atoms with Gasteiger partial charge < -0.3 is 26.0 Å². The van der Waals surface area contributed by atoms with Gasteiger partial charge in [0.1, 0.15) is 12.6 Å². The van der Waals surface area contributed by atoms with Crippen molar-refractivity contribution >= 4 is 11.9 Å². The molecule has 1 amide bonds. The third-order valence-electron chi connectivity index (χ3n) is 5.33. The second-order valence-corrected chi connectivity index (χ2v) is 10.7. The second-order valence-electron chi connectivity index (χ2n) is 9.21. The summed E-state index contributed by atoms with van der Waals surface area (Å²) in [5, 5.41) is 21.5. The molecule has 2 heterocycles. The van der Waals surface area contributed by atoms with Gasteiger partial charge in [-0.1, -0.05) is 19.1 Å². The number of ether oxygens (including phenoxy) is 1. The Labute approximate surface area is 264 Å². The molecule has 0 unspecified atom stereocenters. The van der Waals surface area contributed by atoms with Gasteiger partial charge in [-0.25, -0.2) is 46.7 Å². The van der Waals surface area contributed by atoms with Gasteiger partial charge in [-0.05, 0) is 44.9 Å². The van der Waals surface area contributed by atoms with E-state index in [1.54, 1.807) is 6.20 Å². The number of aromatic nitrogens is 3. The molecule has 0 saturated carbocycles. The van der Waals surface area contributed by atoms with Gasteiger partial charge in [0.25, 0.3) is 0 Å². The van der Waals surface area contributed by atoms with Crippen molar-refractivity contribution in [3.63, 3.8) is 0 Å². The Balaban J connectivity index is 0. The fourth-order valence-corrected chi connectivity index (χ4v) is 3.53. The molecule has 1 aliphatic rings. The van der Waals surface area contributed by atoms with Crippen LogP contribution in [-0.2, 0) is 43.9 Å². The topological polar surface area (TPSA) is 310 Å². The number of carbonyl (C=O) groups excluding carboxylic acids is 2. The van der Waals surface area contributed by atoms with Crippen molar-refractivity contribution in [1.29, 1.82) is 0 Å². The van der Waals surface area contributed by atoms with Crippen molar-refractivity contribution in [3.8, 4) is 0 Å². The molecule has 0 radical (unpaired) electrons. The molecular weight excluding hydrogens is 670 g/mol. The van der Waals surface area contributed by atoms with Crippen LogP contribution in [-0.4, -0.2) is 97.3 Å². The maximum atomic E-state index is 12.4. The van der Waals surface area contributed by atoms with E-state index in [1.165, 1.54) is 11.8 Å². The number of halogens is 2. The van der Waals surface area contributed by atoms with Crippen LogP contribution in [0.4, 0.5) is 0 Å². The van der Waals surface area contributed by atoms with Crippen molar-refractivity contribution < 1.29 is 88.6 Å². The summed E-state index contributed by atoms with van der Waals surface area (Å²) in [4.78, 5) is 26.6. The molecule has 22 heteroatoms. The molecule has 1 fully saturated rings. The van der Waals surface area contributed by atoms with Crippen LogP contribution in [0.15, 0.2) is 6.20 Å². The Morgan fingerprint density at radius 3 is 1.93 bits per heavy atom. The van der Waals surface area contributed by atoms with Gasteiger partial charge in [0.05, 0.1) is 19.0 Å². The van der Waals surface area contributed by atoms with E-state index in [-0.39, 0.29) is 34.9 Å². The van der Waals surface area contributed by atoms with E-state index in [0.29, 0.717) is 6.54 Å². The van der Waals surface area contributed by atoms with Crippen LogP contribution in [0.1, 0.15) is 32.4 Å². The molecule has 0 aliphatic carbocycles. The first kappa shape index (κ1) is 43.8. The SMILES string of the molecule is COC(=O)[C@@H](NC(=O)Cn1cc(CN2CCCNCCNCCCNCC2)nn1)C(C)C.[Ni+2].[O-][Cl+3]([O-])([O-])[O-].[O-][Cl+3]([O-])([O-])[O-]. The van der Waals surface area contributed by atoms with Crippen LogP contribution in [0, 0.1) is 26.4 Å². The zero-order valence-corrected chi connectivity index (χ0v) is 26.6. The first-order valence-corrected chi connectivity index (χ1v) is 15.3. The molecule has 4 N–H and O–H groups in total. The van der Waals surface area contributed by atoms with Crippen LogP contribution < -0.4 is 58.5 Å². The van der Waals surface area contributed by atoms with Gasteiger partial charge in [-0.15, -0.1) is 25.6 Å². The van der Waals surface area contributed by atoms with E-state index in [4.69, 9.17) is 42.0 Å². The minimum Gasteiger partial charge on any atom is -0.467 e.